The van der Waals surface area contributed by atoms with Crippen LogP contribution in [0.3, 0.4) is 0 Å². The number of halogens is 1. The van der Waals surface area contributed by atoms with E-state index < -0.39 is 17.9 Å². The van der Waals surface area contributed by atoms with Gasteiger partial charge < -0.3 is 35.7 Å². The van der Waals surface area contributed by atoms with Crippen LogP contribution < -0.4 is 27.1 Å². The number of ether oxygens (including phenoxy) is 4. The number of hydrogen-bond acceptors (Lipinski definition) is 10. The van der Waals surface area contributed by atoms with Gasteiger partial charge >= 0.3 is 0 Å². The third-order valence-electron chi connectivity index (χ3n) is 5.93. The van der Waals surface area contributed by atoms with E-state index in [9.17, 15) is 14.4 Å². The predicted molar refractivity (Wildman–Crippen MR) is 178 cm³/mol. The average Bonchev–Trinajstić information content (AvgIpc) is 3.07. The van der Waals surface area contributed by atoms with Crippen molar-refractivity contribution < 1.29 is 28.5 Å². The summed E-state index contributed by atoms with van der Waals surface area (Å²) in [6.45, 7) is 11.2. The molecule has 0 bridgehead atoms. The van der Waals surface area contributed by atoms with Crippen LogP contribution in [0.1, 0.15) is 43.6 Å². The lowest BCUT2D eigenvalue weighted by Crippen LogP contribution is -2.46. The maximum atomic E-state index is 13.0. The van der Waals surface area contributed by atoms with E-state index in [0.29, 0.717) is 62.0 Å². The van der Waals surface area contributed by atoms with Gasteiger partial charge in [0, 0.05) is 26.2 Å². The first-order valence-electron chi connectivity index (χ1n) is 15.2. The molecule has 2 heterocycles. The minimum absolute atomic E-state index is 0.0142. The number of carbonyl (C=O) groups excluding carboxylic acids is 2. The number of primary amides is 1. The highest BCUT2D eigenvalue weighted by Crippen LogP contribution is 2.26. The summed E-state index contributed by atoms with van der Waals surface area (Å²) in [6.07, 6.45) is 3.05. The zero-order valence-electron chi connectivity index (χ0n) is 27.3. The SMILES string of the molecule is CC.CC.Cn1ncc(OCCOCCOCCOCCN)c(-c2ccc(CC(NC(=O)c3cccnc3Cl)C(N)=O)cc2)c1=O. The highest BCUT2D eigenvalue weighted by Gasteiger charge is 2.21. The summed E-state index contributed by atoms with van der Waals surface area (Å²) in [7, 11) is 1.54. The molecule has 13 nitrogen and oxygen atoms in total. The van der Waals surface area contributed by atoms with E-state index in [1.54, 1.807) is 37.4 Å². The lowest BCUT2D eigenvalue weighted by atomic mass is 10.0. The fraction of sp³-hybridized carbons (Fsp3) is 0.469. The Bertz CT molecular complexity index is 1370. The van der Waals surface area contributed by atoms with E-state index in [0.717, 1.165) is 0 Å². The van der Waals surface area contributed by atoms with Gasteiger partial charge in [-0.25, -0.2) is 9.67 Å². The molecule has 0 aliphatic rings. The van der Waals surface area contributed by atoms with Gasteiger partial charge in [0.25, 0.3) is 11.5 Å². The molecule has 0 saturated carbocycles. The lowest BCUT2D eigenvalue weighted by molar-refractivity contribution is -0.119. The first-order valence-corrected chi connectivity index (χ1v) is 15.6. The molecule has 0 radical (unpaired) electrons. The van der Waals surface area contributed by atoms with Crippen molar-refractivity contribution in [3.63, 3.8) is 0 Å². The zero-order valence-corrected chi connectivity index (χ0v) is 28.0. The molecule has 1 aromatic carbocycles. The molecule has 254 valence electrons. The van der Waals surface area contributed by atoms with Gasteiger partial charge in [-0.3, -0.25) is 14.4 Å². The van der Waals surface area contributed by atoms with Crippen LogP contribution in [0.4, 0.5) is 0 Å². The van der Waals surface area contributed by atoms with Crippen LogP contribution in [-0.4, -0.2) is 85.4 Å². The number of amides is 2. The quantitative estimate of drug-likeness (QED) is 0.135. The normalized spacial score (nSPS) is 10.9. The van der Waals surface area contributed by atoms with Crippen LogP contribution in [-0.2, 0) is 32.5 Å². The molecule has 0 fully saturated rings. The molecule has 14 heteroatoms. The van der Waals surface area contributed by atoms with Crippen LogP contribution in [0.2, 0.25) is 5.15 Å². The number of carbonyl (C=O) groups is 2. The summed E-state index contributed by atoms with van der Waals surface area (Å²) in [5.74, 6) is -0.977. The van der Waals surface area contributed by atoms with Crippen molar-refractivity contribution >= 4 is 23.4 Å². The Labute approximate surface area is 275 Å². The number of hydrogen-bond donors (Lipinski definition) is 3. The Morgan fingerprint density at radius 1 is 0.935 bits per heavy atom. The van der Waals surface area contributed by atoms with Crippen molar-refractivity contribution in [2.45, 2.75) is 40.2 Å². The second-order valence-electron chi connectivity index (χ2n) is 8.96. The van der Waals surface area contributed by atoms with Crippen molar-refractivity contribution in [3.8, 4) is 16.9 Å². The Hall–Kier alpha value is -3.88. The van der Waals surface area contributed by atoms with E-state index in [-0.39, 0.29) is 35.9 Å². The van der Waals surface area contributed by atoms with Crippen molar-refractivity contribution in [1.82, 2.24) is 20.1 Å². The summed E-state index contributed by atoms with van der Waals surface area (Å²) >= 11 is 5.99. The Balaban J connectivity index is 0.00000254. The molecule has 3 aromatic rings. The zero-order chi connectivity index (χ0) is 34.3. The van der Waals surface area contributed by atoms with Crippen LogP contribution in [0.5, 0.6) is 5.75 Å². The first-order chi connectivity index (χ1) is 22.3. The van der Waals surface area contributed by atoms with Gasteiger partial charge in [-0.2, -0.15) is 5.10 Å². The van der Waals surface area contributed by atoms with E-state index in [1.165, 1.54) is 23.1 Å². The van der Waals surface area contributed by atoms with Gasteiger partial charge in [0.1, 0.15) is 17.8 Å². The van der Waals surface area contributed by atoms with Gasteiger partial charge in [-0.1, -0.05) is 63.6 Å². The second kappa shape index (κ2) is 23.5. The smallest absolute Gasteiger partial charge is 0.278 e. The van der Waals surface area contributed by atoms with Crippen LogP contribution in [0.15, 0.2) is 53.6 Å². The van der Waals surface area contributed by atoms with Crippen molar-refractivity contribution in [2.24, 2.45) is 18.5 Å². The molecule has 1 unspecified atom stereocenters. The summed E-state index contributed by atoms with van der Waals surface area (Å²) in [5.41, 5.74) is 12.3. The van der Waals surface area contributed by atoms with Crippen molar-refractivity contribution in [2.75, 3.05) is 52.8 Å². The molecule has 0 saturated heterocycles. The highest BCUT2D eigenvalue weighted by molar-refractivity contribution is 6.32. The van der Waals surface area contributed by atoms with E-state index >= 15 is 0 Å². The van der Waals surface area contributed by atoms with Gasteiger partial charge in [-0.05, 0) is 23.3 Å². The molecule has 3 rings (SSSR count). The number of pyridine rings is 1. The van der Waals surface area contributed by atoms with E-state index in [2.05, 4.69) is 15.4 Å². The lowest BCUT2D eigenvalue weighted by Gasteiger charge is -2.16. The van der Waals surface area contributed by atoms with Gasteiger partial charge in [0.05, 0.1) is 57.0 Å². The summed E-state index contributed by atoms with van der Waals surface area (Å²) in [5, 5.41) is 6.68. The molecule has 2 amide bonds. The molecular formula is C32H47ClN6O7. The number of nitrogens with zero attached hydrogens (tertiary/aromatic N) is 3. The highest BCUT2D eigenvalue weighted by atomic mass is 35.5. The average molecular weight is 663 g/mol. The summed E-state index contributed by atoms with van der Waals surface area (Å²) < 4.78 is 23.2. The summed E-state index contributed by atoms with van der Waals surface area (Å²) in [4.78, 5) is 41.5. The number of nitrogens with one attached hydrogen (secondary N) is 1. The fourth-order valence-corrected chi connectivity index (χ4v) is 4.00. The topological polar surface area (TPSA) is 183 Å². The molecule has 46 heavy (non-hydrogen) atoms. The van der Waals surface area contributed by atoms with Crippen LogP contribution in [0, 0.1) is 0 Å². The van der Waals surface area contributed by atoms with Crippen LogP contribution in [0.25, 0.3) is 11.1 Å². The number of aromatic nitrogens is 3. The fourth-order valence-electron chi connectivity index (χ4n) is 3.79. The van der Waals surface area contributed by atoms with Crippen molar-refractivity contribution in [1.29, 1.82) is 0 Å². The maximum Gasteiger partial charge on any atom is 0.278 e. The second-order valence-corrected chi connectivity index (χ2v) is 9.32. The number of aryl methyl sites for hydroxylation is 1. The molecule has 0 aliphatic carbocycles. The molecule has 2 aromatic heterocycles. The van der Waals surface area contributed by atoms with Crippen molar-refractivity contribution in [3.05, 3.63) is 75.4 Å². The Morgan fingerprint density at radius 3 is 2.09 bits per heavy atom. The monoisotopic (exact) mass is 662 g/mol. The largest absolute Gasteiger partial charge is 0.489 e. The third-order valence-corrected chi connectivity index (χ3v) is 6.23. The third kappa shape index (κ3) is 13.6. The summed E-state index contributed by atoms with van der Waals surface area (Å²) in [6, 6.07) is 8.99. The standard InChI is InChI=1S/C28H35ClN6O7.2C2H6/c1-35-28(38)24(23(18-33-35)42-16-15-41-14-13-40-12-11-39-10-8-30)20-6-4-19(5-7-20)17-22(26(31)36)34-27(37)21-3-2-9-32-25(21)29;2*1-2/h2-7,9,18,22H,8,10-17,30H2,1H3,(H2,31,36)(H,34,37);2*1-2H3. The Morgan fingerprint density at radius 2 is 1.52 bits per heavy atom. The minimum atomic E-state index is -0.998. The first kappa shape index (κ1) is 40.1. The van der Waals surface area contributed by atoms with Crippen LogP contribution >= 0.6 is 11.6 Å². The molecular weight excluding hydrogens is 616 g/mol. The van der Waals surface area contributed by atoms with E-state index in [4.69, 9.17) is 42.0 Å². The minimum Gasteiger partial charge on any atom is -0.489 e. The molecule has 0 aliphatic heterocycles. The Kier molecular flexibility index (Phi) is 20.5. The molecule has 1 atom stereocenters. The van der Waals surface area contributed by atoms with E-state index in [1.807, 2.05) is 27.7 Å². The number of nitrogens with two attached hydrogens (primary N) is 2. The number of rotatable bonds is 18. The molecule has 0 spiro atoms. The van der Waals surface area contributed by atoms with Gasteiger partial charge in [0.2, 0.25) is 5.91 Å². The van der Waals surface area contributed by atoms with Gasteiger partial charge in [0.15, 0.2) is 5.75 Å². The van der Waals surface area contributed by atoms with Gasteiger partial charge in [-0.15, -0.1) is 0 Å². The maximum absolute atomic E-state index is 13.0. The predicted octanol–water partition coefficient (Wildman–Crippen LogP) is 2.76. The number of benzene rings is 1. The molecule has 5 N–H and O–H groups in total.